The van der Waals surface area contributed by atoms with E-state index in [1.54, 1.807) is 0 Å². The van der Waals surface area contributed by atoms with Gasteiger partial charge in [0, 0.05) is 12.1 Å². The molecule has 1 N–H and O–H groups in total. The summed E-state index contributed by atoms with van der Waals surface area (Å²) < 4.78 is 0. The van der Waals surface area contributed by atoms with Crippen LogP contribution in [0.1, 0.15) is 13.3 Å². The van der Waals surface area contributed by atoms with Crippen molar-refractivity contribution in [2.45, 2.75) is 18.9 Å². The van der Waals surface area contributed by atoms with Gasteiger partial charge in [-0.3, -0.25) is 0 Å². The lowest BCUT2D eigenvalue weighted by Crippen LogP contribution is -2.42. The van der Waals surface area contributed by atoms with Crippen LogP contribution in [-0.4, -0.2) is 37.6 Å². The molecule has 1 saturated heterocycles. The quantitative estimate of drug-likeness (QED) is 0.546. The summed E-state index contributed by atoms with van der Waals surface area (Å²) in [6.07, 6.45) is 1.28. The topological polar surface area (TPSA) is 15.3 Å². The van der Waals surface area contributed by atoms with E-state index in [-0.39, 0.29) is 0 Å². The maximum atomic E-state index is 3.35. The lowest BCUT2D eigenvalue weighted by Gasteiger charge is -2.30. The van der Waals surface area contributed by atoms with Gasteiger partial charge in [-0.2, -0.15) is 0 Å². The number of likely N-dealkylation sites (N-methyl/N-ethyl adjacent to an activating group) is 1. The molecule has 0 bridgehead atoms. The van der Waals surface area contributed by atoms with Crippen LogP contribution in [0.4, 0.5) is 0 Å². The molecule has 0 amide bonds. The summed E-state index contributed by atoms with van der Waals surface area (Å²) in [5.41, 5.74) is 0.417. The van der Waals surface area contributed by atoms with E-state index < -0.39 is 0 Å². The summed E-state index contributed by atoms with van der Waals surface area (Å²) in [6, 6.07) is 0. The van der Waals surface area contributed by atoms with Crippen LogP contribution in [0.3, 0.4) is 0 Å². The van der Waals surface area contributed by atoms with Gasteiger partial charge >= 0.3 is 0 Å². The number of nitrogens with one attached hydrogen (secondary N) is 1. The van der Waals surface area contributed by atoms with Gasteiger partial charge < -0.3 is 10.2 Å². The fourth-order valence-electron chi connectivity index (χ4n) is 1.19. The van der Waals surface area contributed by atoms with E-state index in [9.17, 15) is 0 Å². The van der Waals surface area contributed by atoms with E-state index in [0.29, 0.717) is 5.54 Å². The van der Waals surface area contributed by atoms with E-state index in [2.05, 4.69) is 31.2 Å². The molecule has 0 aliphatic carbocycles. The minimum atomic E-state index is 0.417. The van der Waals surface area contributed by atoms with E-state index in [0.717, 1.165) is 6.54 Å². The zero-order valence-corrected chi connectivity index (χ0v) is 6.57. The van der Waals surface area contributed by atoms with E-state index in [4.69, 9.17) is 0 Å². The molecule has 1 atom stereocenters. The molecule has 0 saturated carbocycles. The van der Waals surface area contributed by atoms with Gasteiger partial charge in [0.15, 0.2) is 0 Å². The van der Waals surface area contributed by atoms with Crippen LogP contribution in [0.5, 0.6) is 0 Å². The van der Waals surface area contributed by atoms with Crippen LogP contribution >= 0.6 is 0 Å². The van der Waals surface area contributed by atoms with Crippen molar-refractivity contribution in [1.29, 1.82) is 0 Å². The van der Waals surface area contributed by atoms with Crippen molar-refractivity contribution in [1.82, 2.24) is 10.2 Å². The third-order valence-electron chi connectivity index (χ3n) is 2.43. The summed E-state index contributed by atoms with van der Waals surface area (Å²) >= 11 is 0. The smallest absolute Gasteiger partial charge is 0.0311 e. The average Bonchev–Trinajstić information content (AvgIpc) is 2.16. The summed E-state index contributed by atoms with van der Waals surface area (Å²) in [6.45, 7) is 4.61. The first-order chi connectivity index (χ1) is 4.15. The predicted molar refractivity (Wildman–Crippen MR) is 39.6 cm³/mol. The van der Waals surface area contributed by atoms with Crippen molar-refractivity contribution in [3.8, 4) is 0 Å². The zero-order valence-electron chi connectivity index (χ0n) is 6.57. The molecule has 2 heteroatoms. The lowest BCUT2D eigenvalue weighted by molar-refractivity contribution is 0.196. The molecule has 0 radical (unpaired) electrons. The molecule has 0 spiro atoms. The molecule has 1 aliphatic rings. The normalized spacial score (nSPS) is 36.0. The van der Waals surface area contributed by atoms with Gasteiger partial charge in [-0.15, -0.1) is 0 Å². The zero-order chi connectivity index (χ0) is 6.91. The van der Waals surface area contributed by atoms with Gasteiger partial charge in [-0.25, -0.2) is 0 Å². The fourth-order valence-corrected chi connectivity index (χ4v) is 1.19. The second-order valence-corrected chi connectivity index (χ2v) is 3.32. The van der Waals surface area contributed by atoms with Crippen molar-refractivity contribution in [3.05, 3.63) is 0 Å². The second-order valence-electron chi connectivity index (χ2n) is 3.32. The van der Waals surface area contributed by atoms with Crippen LogP contribution in [0.2, 0.25) is 0 Å². The SMILES string of the molecule is CN(C)[C@]1(C)CCNC1. The monoisotopic (exact) mass is 128 g/mol. The molecule has 2 nitrogen and oxygen atoms in total. The summed E-state index contributed by atoms with van der Waals surface area (Å²) in [5, 5.41) is 3.35. The predicted octanol–water partition coefficient (Wildman–Crippen LogP) is 0.300. The van der Waals surface area contributed by atoms with Gasteiger partial charge in [0.05, 0.1) is 0 Å². The van der Waals surface area contributed by atoms with Gasteiger partial charge in [-0.1, -0.05) is 0 Å². The molecule has 54 valence electrons. The summed E-state index contributed by atoms with van der Waals surface area (Å²) in [4.78, 5) is 2.30. The fraction of sp³-hybridized carbons (Fsp3) is 1.00. The molecule has 0 aromatic carbocycles. The Hall–Kier alpha value is -0.0800. The van der Waals surface area contributed by atoms with Gasteiger partial charge in [0.2, 0.25) is 0 Å². The Bertz CT molecular complexity index is 93.1. The Kier molecular flexibility index (Phi) is 1.78. The van der Waals surface area contributed by atoms with Crippen molar-refractivity contribution in [3.63, 3.8) is 0 Å². The molecule has 0 aromatic rings. The Balaban J connectivity index is 2.51. The van der Waals surface area contributed by atoms with Crippen molar-refractivity contribution >= 4 is 0 Å². The molecule has 1 fully saturated rings. The second kappa shape index (κ2) is 2.27. The molecule has 0 unspecified atom stereocenters. The minimum Gasteiger partial charge on any atom is -0.315 e. The molecule has 9 heavy (non-hydrogen) atoms. The first-order valence-corrected chi connectivity index (χ1v) is 3.53. The summed E-state index contributed by atoms with van der Waals surface area (Å²) in [7, 11) is 4.29. The highest BCUT2D eigenvalue weighted by atomic mass is 15.2. The van der Waals surface area contributed by atoms with Crippen LogP contribution < -0.4 is 5.32 Å². The highest BCUT2D eigenvalue weighted by Crippen LogP contribution is 2.18. The van der Waals surface area contributed by atoms with Crippen LogP contribution in [0.25, 0.3) is 0 Å². The average molecular weight is 128 g/mol. The highest BCUT2D eigenvalue weighted by Gasteiger charge is 2.29. The maximum Gasteiger partial charge on any atom is 0.0311 e. The lowest BCUT2D eigenvalue weighted by atomic mass is 10.0. The van der Waals surface area contributed by atoms with E-state index in [1.165, 1.54) is 13.0 Å². The van der Waals surface area contributed by atoms with Crippen molar-refractivity contribution in [2.24, 2.45) is 0 Å². The molecule has 1 aliphatic heterocycles. The van der Waals surface area contributed by atoms with Crippen LogP contribution in [-0.2, 0) is 0 Å². The van der Waals surface area contributed by atoms with E-state index >= 15 is 0 Å². The molecular formula is C7H16N2. The number of nitrogens with zero attached hydrogens (tertiary/aromatic N) is 1. The first-order valence-electron chi connectivity index (χ1n) is 3.53. The maximum absolute atomic E-state index is 3.35. The minimum absolute atomic E-state index is 0.417. The molecule has 1 rings (SSSR count). The Morgan fingerprint density at radius 3 is 2.33 bits per heavy atom. The summed E-state index contributed by atoms with van der Waals surface area (Å²) in [5.74, 6) is 0. The standard InChI is InChI=1S/C7H16N2/c1-7(9(2)3)4-5-8-6-7/h8H,4-6H2,1-3H3/t7-/m1/s1. The number of hydrogen-bond acceptors (Lipinski definition) is 2. The Labute approximate surface area is 57.2 Å². The van der Waals surface area contributed by atoms with Gasteiger partial charge in [-0.05, 0) is 34.0 Å². The van der Waals surface area contributed by atoms with E-state index in [1.807, 2.05) is 0 Å². The molecular weight excluding hydrogens is 112 g/mol. The van der Waals surface area contributed by atoms with Gasteiger partial charge in [0.25, 0.3) is 0 Å². The molecule has 0 aromatic heterocycles. The van der Waals surface area contributed by atoms with Crippen LogP contribution in [0, 0.1) is 0 Å². The highest BCUT2D eigenvalue weighted by molar-refractivity contribution is 4.90. The number of rotatable bonds is 1. The Morgan fingerprint density at radius 1 is 1.44 bits per heavy atom. The number of hydrogen-bond donors (Lipinski definition) is 1. The molecule has 1 heterocycles. The third kappa shape index (κ3) is 1.25. The van der Waals surface area contributed by atoms with Crippen LogP contribution in [0.15, 0.2) is 0 Å². The van der Waals surface area contributed by atoms with Gasteiger partial charge in [0.1, 0.15) is 0 Å². The largest absolute Gasteiger partial charge is 0.315 e. The van der Waals surface area contributed by atoms with Crippen molar-refractivity contribution in [2.75, 3.05) is 27.2 Å². The Morgan fingerprint density at radius 2 is 2.11 bits per heavy atom. The third-order valence-corrected chi connectivity index (χ3v) is 2.43. The first kappa shape index (κ1) is 7.03. The van der Waals surface area contributed by atoms with Crippen molar-refractivity contribution < 1.29 is 0 Å².